The minimum Gasteiger partial charge on any atom is -0.466 e. The first kappa shape index (κ1) is 24.3. The number of alkyl halides is 1. The van der Waals surface area contributed by atoms with Gasteiger partial charge in [0.15, 0.2) is 0 Å². The van der Waals surface area contributed by atoms with Crippen molar-refractivity contribution < 1.29 is 24.2 Å². The number of nitrogens with zero attached hydrogens (tertiary/aromatic N) is 1. The number of nitrogens with one attached hydrogen (secondary N) is 1. The van der Waals surface area contributed by atoms with E-state index < -0.39 is 22.6 Å². The summed E-state index contributed by atoms with van der Waals surface area (Å²) in [6.45, 7) is 2.67. The highest BCUT2D eigenvalue weighted by molar-refractivity contribution is 9.09. The first-order valence-electron chi connectivity index (χ1n) is 12.1. The Morgan fingerprint density at radius 3 is 2.69 bits per heavy atom. The van der Waals surface area contributed by atoms with Crippen LogP contribution < -0.4 is 5.32 Å². The van der Waals surface area contributed by atoms with Crippen molar-refractivity contribution >= 4 is 45.5 Å². The number of rotatable bonds is 9. The molecule has 3 saturated heterocycles. The largest absolute Gasteiger partial charge is 0.466 e. The summed E-state index contributed by atoms with van der Waals surface area (Å²) >= 11 is 5.42. The third kappa shape index (κ3) is 4.22. The average Bonchev–Trinajstić information content (AvgIpc) is 3.35. The van der Waals surface area contributed by atoms with Crippen LogP contribution in [0, 0.1) is 11.8 Å². The van der Waals surface area contributed by atoms with Crippen molar-refractivity contribution in [3.05, 3.63) is 0 Å². The second kappa shape index (κ2) is 10.2. The lowest BCUT2D eigenvalue weighted by Crippen LogP contribution is -2.56. The predicted molar refractivity (Wildman–Crippen MR) is 127 cm³/mol. The number of carbonyl (C=O) groups excluding carboxylic acids is 3. The molecule has 3 heterocycles. The third-order valence-corrected chi connectivity index (χ3v) is 10.8. The standard InChI is InChI=1S/C23H35BrN2O5S/c1-2-31-22(30)16-17-21(29)26(11-7-4-8-12-27)19(23(17)13-15(24)18(16)32-23)20(28)25-14-9-5-3-6-10-14/h14-19,27H,2-13H2,1H3,(H,25,28)/t15?,16-,17-,18-,19?,23?/m0/s1. The van der Waals surface area contributed by atoms with E-state index >= 15 is 0 Å². The summed E-state index contributed by atoms with van der Waals surface area (Å²) in [5.41, 5.74) is 0. The molecule has 1 aliphatic carbocycles. The summed E-state index contributed by atoms with van der Waals surface area (Å²) in [5, 5.41) is 12.3. The van der Waals surface area contributed by atoms with E-state index in [1.807, 2.05) is 0 Å². The fourth-order valence-electron chi connectivity index (χ4n) is 6.28. The van der Waals surface area contributed by atoms with Gasteiger partial charge in [-0.2, -0.15) is 0 Å². The molecule has 2 N–H and O–H groups in total. The highest BCUT2D eigenvalue weighted by Gasteiger charge is 2.75. The number of thioether (sulfide) groups is 1. The number of amides is 2. The van der Waals surface area contributed by atoms with Gasteiger partial charge in [-0.1, -0.05) is 35.2 Å². The van der Waals surface area contributed by atoms with Gasteiger partial charge in [0.05, 0.1) is 23.2 Å². The predicted octanol–water partition coefficient (Wildman–Crippen LogP) is 2.63. The van der Waals surface area contributed by atoms with Gasteiger partial charge < -0.3 is 20.1 Å². The Labute approximate surface area is 202 Å². The number of aliphatic hydroxyl groups is 1. The van der Waals surface area contributed by atoms with Gasteiger partial charge in [-0.3, -0.25) is 14.4 Å². The Balaban J connectivity index is 1.62. The van der Waals surface area contributed by atoms with Gasteiger partial charge in [-0.05, 0) is 45.4 Å². The summed E-state index contributed by atoms with van der Waals surface area (Å²) in [4.78, 5) is 42.2. The highest BCUT2D eigenvalue weighted by atomic mass is 79.9. The number of halogens is 1. The molecule has 180 valence electrons. The molecule has 0 aromatic rings. The number of hydrogen-bond donors (Lipinski definition) is 2. The minimum absolute atomic E-state index is 0.0514. The summed E-state index contributed by atoms with van der Waals surface area (Å²) in [7, 11) is 0. The van der Waals surface area contributed by atoms with Gasteiger partial charge in [0, 0.05) is 29.3 Å². The number of carbonyl (C=O) groups is 3. The van der Waals surface area contributed by atoms with Crippen LogP contribution in [0.25, 0.3) is 0 Å². The third-order valence-electron chi connectivity index (χ3n) is 7.60. The molecule has 6 atom stereocenters. The van der Waals surface area contributed by atoms with Crippen molar-refractivity contribution in [3.63, 3.8) is 0 Å². The Morgan fingerprint density at radius 1 is 1.25 bits per heavy atom. The van der Waals surface area contributed by atoms with E-state index in [0.29, 0.717) is 19.4 Å². The first-order chi connectivity index (χ1) is 15.4. The molecule has 4 rings (SSSR count). The number of ether oxygens (including phenoxy) is 1. The zero-order chi connectivity index (χ0) is 22.9. The van der Waals surface area contributed by atoms with Crippen molar-refractivity contribution in [3.8, 4) is 0 Å². The molecule has 0 aromatic heterocycles. The molecule has 4 aliphatic rings. The van der Waals surface area contributed by atoms with Gasteiger partial charge in [-0.15, -0.1) is 11.8 Å². The molecule has 9 heteroatoms. The van der Waals surface area contributed by atoms with Crippen molar-refractivity contribution in [2.75, 3.05) is 19.8 Å². The number of unbranched alkanes of at least 4 members (excludes halogenated alkanes) is 2. The lowest BCUT2D eigenvalue weighted by Gasteiger charge is -2.36. The molecule has 3 unspecified atom stereocenters. The molecule has 3 aliphatic heterocycles. The summed E-state index contributed by atoms with van der Waals surface area (Å²) in [6.07, 6.45) is 8.35. The quantitative estimate of drug-likeness (QED) is 0.270. The fraction of sp³-hybridized carbons (Fsp3) is 0.870. The zero-order valence-electron chi connectivity index (χ0n) is 18.8. The summed E-state index contributed by atoms with van der Waals surface area (Å²) in [5.74, 6) is -1.48. The van der Waals surface area contributed by atoms with Crippen molar-refractivity contribution in [2.45, 2.75) is 91.6 Å². The Morgan fingerprint density at radius 2 is 2.00 bits per heavy atom. The number of esters is 1. The van der Waals surface area contributed by atoms with Gasteiger partial charge in [0.1, 0.15) is 6.04 Å². The Hall–Kier alpha value is -0.800. The topological polar surface area (TPSA) is 95.9 Å². The van der Waals surface area contributed by atoms with Crippen LogP contribution in [0.2, 0.25) is 0 Å². The van der Waals surface area contributed by atoms with E-state index in [1.165, 1.54) is 6.42 Å². The molecule has 32 heavy (non-hydrogen) atoms. The van der Waals surface area contributed by atoms with Crippen molar-refractivity contribution in [2.24, 2.45) is 11.8 Å². The van der Waals surface area contributed by atoms with E-state index in [9.17, 15) is 14.4 Å². The first-order valence-corrected chi connectivity index (χ1v) is 13.9. The van der Waals surface area contributed by atoms with Gasteiger partial charge in [-0.25, -0.2) is 0 Å². The van der Waals surface area contributed by atoms with Gasteiger partial charge in [0.25, 0.3) is 0 Å². The molecule has 7 nitrogen and oxygen atoms in total. The smallest absolute Gasteiger partial charge is 0.310 e. The van der Waals surface area contributed by atoms with Crippen LogP contribution in [-0.4, -0.2) is 74.5 Å². The Bertz CT molecular complexity index is 733. The van der Waals surface area contributed by atoms with Crippen molar-refractivity contribution in [1.82, 2.24) is 10.2 Å². The van der Waals surface area contributed by atoms with Crippen LogP contribution in [0.15, 0.2) is 0 Å². The number of aliphatic hydroxyl groups excluding tert-OH is 1. The van der Waals surface area contributed by atoms with Crippen LogP contribution in [0.1, 0.15) is 64.7 Å². The van der Waals surface area contributed by atoms with Crippen LogP contribution in [0.3, 0.4) is 0 Å². The maximum Gasteiger partial charge on any atom is 0.310 e. The second-order valence-electron chi connectivity index (χ2n) is 9.57. The molecule has 2 amide bonds. The lowest BCUT2D eigenvalue weighted by atomic mass is 9.71. The molecular weight excluding hydrogens is 496 g/mol. The average molecular weight is 532 g/mol. The second-order valence-corrected chi connectivity index (χ2v) is 12.3. The maximum absolute atomic E-state index is 13.7. The van der Waals surface area contributed by atoms with E-state index in [-0.39, 0.29) is 47.1 Å². The van der Waals surface area contributed by atoms with Crippen LogP contribution in [0.4, 0.5) is 0 Å². The summed E-state index contributed by atoms with van der Waals surface area (Å²) in [6, 6.07) is -0.396. The lowest BCUT2D eigenvalue weighted by molar-refractivity contribution is -0.153. The highest BCUT2D eigenvalue weighted by Crippen LogP contribution is 2.67. The maximum atomic E-state index is 13.7. The van der Waals surface area contributed by atoms with E-state index in [1.54, 1.807) is 23.6 Å². The molecule has 0 aromatic carbocycles. The fourth-order valence-corrected chi connectivity index (χ4v) is 9.88. The van der Waals surface area contributed by atoms with E-state index in [4.69, 9.17) is 9.84 Å². The zero-order valence-corrected chi connectivity index (χ0v) is 21.2. The molecule has 1 saturated carbocycles. The van der Waals surface area contributed by atoms with Gasteiger partial charge >= 0.3 is 5.97 Å². The number of fused-ring (bicyclic) bond motifs is 1. The van der Waals surface area contributed by atoms with E-state index in [2.05, 4.69) is 21.2 Å². The molecule has 0 radical (unpaired) electrons. The van der Waals surface area contributed by atoms with Crippen molar-refractivity contribution in [1.29, 1.82) is 0 Å². The Kier molecular flexibility index (Phi) is 7.77. The van der Waals surface area contributed by atoms with Crippen LogP contribution in [-0.2, 0) is 19.1 Å². The monoisotopic (exact) mass is 530 g/mol. The number of likely N-dealkylation sites (tertiary alicyclic amines) is 1. The van der Waals surface area contributed by atoms with E-state index in [0.717, 1.165) is 38.5 Å². The summed E-state index contributed by atoms with van der Waals surface area (Å²) < 4.78 is 4.78. The number of hydrogen-bond acceptors (Lipinski definition) is 6. The van der Waals surface area contributed by atoms with Crippen LogP contribution in [0.5, 0.6) is 0 Å². The molecular formula is C23H35BrN2O5S. The SMILES string of the molecule is CCOC(=O)[C@H]1[C@H]2C(=O)N(CCCCCO)C(C(=O)NC3CCCCC3)C23CC(Br)[C@@H]1S3. The van der Waals surface area contributed by atoms with Gasteiger partial charge in [0.2, 0.25) is 11.8 Å². The molecule has 1 spiro atoms. The molecule has 4 fully saturated rings. The van der Waals surface area contributed by atoms with Crippen LogP contribution >= 0.6 is 27.7 Å². The normalized spacial score (nSPS) is 36.4. The molecule has 2 bridgehead atoms. The minimum atomic E-state index is -0.594.